The van der Waals surface area contributed by atoms with Gasteiger partial charge >= 0.3 is 0 Å². The van der Waals surface area contributed by atoms with Gasteiger partial charge in [0.25, 0.3) is 0 Å². The lowest BCUT2D eigenvalue weighted by Gasteiger charge is -1.98. The van der Waals surface area contributed by atoms with Gasteiger partial charge in [0.1, 0.15) is 5.69 Å². The third kappa shape index (κ3) is 4.28. The maximum absolute atomic E-state index is 4.62. The van der Waals surface area contributed by atoms with Gasteiger partial charge in [-0.15, -0.1) is 35.5 Å². The average molecular weight is 500 g/mol. The molecule has 172 valence electrons. The first-order valence-electron chi connectivity index (χ1n) is 11.6. The maximum Gasteiger partial charge on any atom is 0.113 e. The highest BCUT2D eigenvalue weighted by Gasteiger charge is 2.13. The maximum atomic E-state index is 4.62. The molecule has 2 aliphatic heterocycles. The smallest absolute Gasteiger partial charge is 0.113 e. The van der Waals surface area contributed by atoms with Crippen LogP contribution in [0, 0.1) is 0 Å². The van der Waals surface area contributed by atoms with E-state index < -0.39 is 0 Å². The molecule has 0 unspecified atom stereocenters. The Labute approximate surface area is 221 Å². The van der Waals surface area contributed by atoms with Crippen LogP contribution in [0.15, 0.2) is 101 Å². The lowest BCUT2D eigenvalue weighted by Crippen LogP contribution is -1.76. The largest absolute Gasteiger partial charge is 0.255 e. The Kier molecular flexibility index (Phi) is 6.01. The second-order valence-corrected chi connectivity index (χ2v) is 9.47. The molecule has 0 spiro atoms. The van der Waals surface area contributed by atoms with Gasteiger partial charge in [0.05, 0.1) is 17.6 Å². The van der Waals surface area contributed by atoms with Crippen molar-refractivity contribution in [1.82, 2.24) is 15.2 Å². The zero-order chi connectivity index (χ0) is 24.5. The molecule has 3 nitrogen and oxygen atoms in total. The predicted molar refractivity (Wildman–Crippen MR) is 155 cm³/mol. The Balaban J connectivity index is 1.29. The fraction of sp³-hybridized carbons (Fsp3) is 0. The summed E-state index contributed by atoms with van der Waals surface area (Å²) in [6, 6.07) is 28.8. The van der Waals surface area contributed by atoms with Gasteiger partial charge in [-0.05, 0) is 69.8 Å². The topological polar surface area (TPSA) is 38.7 Å². The van der Waals surface area contributed by atoms with Crippen LogP contribution in [0.5, 0.6) is 0 Å². The van der Waals surface area contributed by atoms with E-state index in [9.17, 15) is 0 Å². The standard InChI is InChI=1S/C31H21N3S2/c35-30-7-3-1-5-23-20(10-15-25(23)30)9-13-22-14-17-27-28(33-34-29(27)19-32-22)18-12-21-11-16-26-24(21)6-2-4-8-31(26)36/h1-19,35-36H/b13-9+,18-12+. The van der Waals surface area contributed by atoms with Crippen LogP contribution in [-0.2, 0) is 0 Å². The number of thiol groups is 2. The molecular weight excluding hydrogens is 478 g/mol. The van der Waals surface area contributed by atoms with Crippen LogP contribution in [0.4, 0.5) is 0 Å². The van der Waals surface area contributed by atoms with Crippen molar-refractivity contribution in [2.75, 3.05) is 0 Å². The van der Waals surface area contributed by atoms with Crippen molar-refractivity contribution in [2.24, 2.45) is 0 Å². The lowest BCUT2D eigenvalue weighted by molar-refractivity contribution is 1.08. The monoisotopic (exact) mass is 499 g/mol. The average Bonchev–Trinajstić information content (AvgIpc) is 3.47. The minimum atomic E-state index is 0.760. The fourth-order valence-corrected chi connectivity index (χ4v) is 4.99. The quantitative estimate of drug-likeness (QED) is 0.241. The molecule has 0 aromatic carbocycles. The zero-order valence-corrected chi connectivity index (χ0v) is 21.0. The van der Waals surface area contributed by atoms with E-state index in [0.717, 1.165) is 65.8 Å². The molecule has 6 aliphatic rings. The molecule has 6 rings (SSSR count). The molecule has 0 radical (unpaired) electrons. The van der Waals surface area contributed by atoms with Crippen molar-refractivity contribution < 1.29 is 0 Å². The van der Waals surface area contributed by atoms with Crippen LogP contribution >= 0.6 is 25.3 Å². The molecule has 0 aromatic rings. The minimum absolute atomic E-state index is 0.760. The van der Waals surface area contributed by atoms with E-state index >= 15 is 0 Å². The summed E-state index contributed by atoms with van der Waals surface area (Å²) in [6.45, 7) is 0. The summed E-state index contributed by atoms with van der Waals surface area (Å²) in [7, 11) is 0. The SMILES string of the molecule is Sc1ccccc2c(/C=C/c3ccc4c(/C=C/c5ccc6c(S)ccccc5-6)nnc-4cn3)ccc1-2. The summed E-state index contributed by atoms with van der Waals surface area (Å²) in [4.78, 5) is 6.55. The van der Waals surface area contributed by atoms with E-state index in [1.807, 2.05) is 60.7 Å². The highest BCUT2D eigenvalue weighted by molar-refractivity contribution is 7.80. The molecule has 0 aromatic heterocycles. The van der Waals surface area contributed by atoms with Crippen molar-refractivity contribution >= 4 is 49.6 Å². The summed E-state index contributed by atoms with van der Waals surface area (Å²) < 4.78 is 0. The molecule has 0 atom stereocenters. The van der Waals surface area contributed by atoms with Gasteiger partial charge in [-0.2, -0.15) is 0 Å². The third-order valence-corrected chi connectivity index (χ3v) is 7.08. The molecule has 5 heteroatoms. The normalized spacial score (nSPS) is 11.9. The highest BCUT2D eigenvalue weighted by Crippen LogP contribution is 2.35. The van der Waals surface area contributed by atoms with E-state index in [1.54, 1.807) is 6.20 Å². The number of fused-ring (bicyclic) bond motifs is 3. The summed E-state index contributed by atoms with van der Waals surface area (Å²) in [5.41, 5.74) is 10.2. The highest BCUT2D eigenvalue weighted by atomic mass is 32.1. The first kappa shape index (κ1) is 22.5. The van der Waals surface area contributed by atoms with E-state index in [0.29, 0.717) is 0 Å². The van der Waals surface area contributed by atoms with Crippen molar-refractivity contribution in [3.05, 3.63) is 114 Å². The van der Waals surface area contributed by atoms with E-state index in [2.05, 4.69) is 89.0 Å². The Morgan fingerprint density at radius 2 is 1.08 bits per heavy atom. The van der Waals surface area contributed by atoms with Crippen LogP contribution in [0.1, 0.15) is 22.5 Å². The second kappa shape index (κ2) is 9.61. The first-order valence-corrected chi connectivity index (χ1v) is 12.5. The number of nitrogens with zero attached hydrogens (tertiary/aromatic N) is 3. The molecule has 4 aliphatic carbocycles. The van der Waals surface area contributed by atoms with Crippen molar-refractivity contribution in [3.8, 4) is 33.5 Å². The van der Waals surface area contributed by atoms with Crippen molar-refractivity contribution in [3.63, 3.8) is 0 Å². The number of hydrogen-bond acceptors (Lipinski definition) is 5. The van der Waals surface area contributed by atoms with Gasteiger partial charge in [0, 0.05) is 15.4 Å². The molecule has 0 saturated heterocycles. The molecule has 0 saturated carbocycles. The van der Waals surface area contributed by atoms with Gasteiger partial charge in [-0.3, -0.25) is 4.98 Å². The Morgan fingerprint density at radius 1 is 0.500 bits per heavy atom. The molecule has 0 bridgehead atoms. The van der Waals surface area contributed by atoms with Gasteiger partial charge < -0.3 is 0 Å². The summed E-state index contributed by atoms with van der Waals surface area (Å²) >= 11 is 9.21. The van der Waals surface area contributed by atoms with Gasteiger partial charge in [-0.25, -0.2) is 0 Å². The Morgan fingerprint density at radius 3 is 1.75 bits per heavy atom. The second-order valence-electron chi connectivity index (χ2n) is 8.51. The molecule has 2 heterocycles. The van der Waals surface area contributed by atoms with Gasteiger partial charge in [-0.1, -0.05) is 72.8 Å². The third-order valence-electron chi connectivity index (χ3n) is 6.30. The minimum Gasteiger partial charge on any atom is -0.255 e. The summed E-state index contributed by atoms with van der Waals surface area (Å²) in [5.74, 6) is 0. The first-order chi connectivity index (χ1) is 17.7. The van der Waals surface area contributed by atoms with Crippen LogP contribution in [0.2, 0.25) is 0 Å². The van der Waals surface area contributed by atoms with E-state index in [-0.39, 0.29) is 0 Å². The van der Waals surface area contributed by atoms with Crippen LogP contribution in [0.25, 0.3) is 57.8 Å². The lowest BCUT2D eigenvalue weighted by atomic mass is 10.1. The molecular formula is C31H21N3S2. The molecule has 0 fully saturated rings. The molecule has 0 amide bonds. The molecule has 0 N–H and O–H groups in total. The Bertz CT molecular complexity index is 1670. The van der Waals surface area contributed by atoms with Crippen LogP contribution in [-0.4, -0.2) is 15.2 Å². The predicted octanol–water partition coefficient (Wildman–Crippen LogP) is 8.10. The summed E-state index contributed by atoms with van der Waals surface area (Å²) in [5, 5.41) is 8.73. The van der Waals surface area contributed by atoms with Crippen LogP contribution < -0.4 is 0 Å². The van der Waals surface area contributed by atoms with E-state index in [1.165, 1.54) is 0 Å². The van der Waals surface area contributed by atoms with Crippen molar-refractivity contribution in [1.29, 1.82) is 0 Å². The molecule has 36 heavy (non-hydrogen) atoms. The van der Waals surface area contributed by atoms with Crippen molar-refractivity contribution in [2.45, 2.75) is 9.79 Å². The number of rotatable bonds is 4. The summed E-state index contributed by atoms with van der Waals surface area (Å²) in [6.07, 6.45) is 9.98. The number of aromatic nitrogens is 3. The van der Waals surface area contributed by atoms with Gasteiger partial charge in [0.2, 0.25) is 0 Å². The van der Waals surface area contributed by atoms with Crippen LogP contribution in [0.3, 0.4) is 0 Å². The van der Waals surface area contributed by atoms with Gasteiger partial charge in [0.15, 0.2) is 0 Å². The zero-order valence-electron chi connectivity index (χ0n) is 19.2. The number of hydrogen-bond donors (Lipinski definition) is 2. The Hall–Kier alpha value is -3.93. The fourth-order valence-electron chi connectivity index (χ4n) is 4.43. The van der Waals surface area contributed by atoms with E-state index in [4.69, 9.17) is 0 Å².